The van der Waals surface area contributed by atoms with Crippen molar-refractivity contribution in [3.8, 4) is 0 Å². The van der Waals surface area contributed by atoms with Gasteiger partial charge in [0.15, 0.2) is 0 Å². The van der Waals surface area contributed by atoms with Gasteiger partial charge in [-0.15, -0.1) is 11.8 Å². The summed E-state index contributed by atoms with van der Waals surface area (Å²) in [4.78, 5) is 1.41. The van der Waals surface area contributed by atoms with Crippen molar-refractivity contribution in [3.05, 3.63) is 30.3 Å². The molecule has 0 aliphatic heterocycles. The first kappa shape index (κ1) is 14.0. The quantitative estimate of drug-likeness (QED) is 0.665. The molecule has 1 atom stereocenters. The van der Waals surface area contributed by atoms with Crippen molar-refractivity contribution in [2.75, 3.05) is 12.3 Å². The van der Waals surface area contributed by atoms with Crippen LogP contribution < -0.4 is 5.32 Å². The van der Waals surface area contributed by atoms with Crippen molar-refractivity contribution >= 4 is 11.8 Å². The molecule has 1 saturated carbocycles. The van der Waals surface area contributed by atoms with Crippen LogP contribution in [0.25, 0.3) is 0 Å². The van der Waals surface area contributed by atoms with Gasteiger partial charge in [0.25, 0.3) is 0 Å². The molecular weight excluding hydrogens is 238 g/mol. The highest BCUT2D eigenvalue weighted by Gasteiger charge is 2.21. The Labute approximate surface area is 116 Å². The minimum Gasteiger partial charge on any atom is -0.314 e. The van der Waals surface area contributed by atoms with E-state index in [-0.39, 0.29) is 0 Å². The Kier molecular flexibility index (Phi) is 6.09. The average molecular weight is 263 g/mol. The van der Waals surface area contributed by atoms with Crippen LogP contribution in [0.3, 0.4) is 0 Å². The van der Waals surface area contributed by atoms with Gasteiger partial charge < -0.3 is 5.32 Å². The van der Waals surface area contributed by atoms with Crippen molar-refractivity contribution in [3.63, 3.8) is 0 Å². The first-order valence-electron chi connectivity index (χ1n) is 7.29. The van der Waals surface area contributed by atoms with Crippen molar-refractivity contribution in [2.24, 2.45) is 5.92 Å². The smallest absolute Gasteiger partial charge is 0.00719 e. The van der Waals surface area contributed by atoms with E-state index in [0.29, 0.717) is 0 Å². The molecule has 0 amide bonds. The molecule has 0 radical (unpaired) electrons. The summed E-state index contributed by atoms with van der Waals surface area (Å²) in [5, 5.41) is 3.68. The molecule has 2 rings (SSSR count). The van der Waals surface area contributed by atoms with E-state index in [2.05, 4.69) is 42.6 Å². The fourth-order valence-electron chi connectivity index (χ4n) is 2.24. The van der Waals surface area contributed by atoms with E-state index in [4.69, 9.17) is 0 Å². The predicted octanol–water partition coefficient (Wildman–Crippen LogP) is 4.34. The summed E-state index contributed by atoms with van der Waals surface area (Å²) in [5.74, 6) is 2.12. The van der Waals surface area contributed by atoms with E-state index < -0.39 is 0 Å². The van der Waals surface area contributed by atoms with E-state index in [9.17, 15) is 0 Å². The van der Waals surface area contributed by atoms with Gasteiger partial charge in [0.1, 0.15) is 0 Å². The number of rotatable bonds is 9. The first-order valence-corrected chi connectivity index (χ1v) is 8.28. The molecule has 2 heteroatoms. The largest absolute Gasteiger partial charge is 0.314 e. The van der Waals surface area contributed by atoms with Gasteiger partial charge >= 0.3 is 0 Å². The van der Waals surface area contributed by atoms with E-state index in [1.807, 2.05) is 11.8 Å². The van der Waals surface area contributed by atoms with Gasteiger partial charge in [-0.1, -0.05) is 31.5 Å². The second-order valence-corrected chi connectivity index (χ2v) is 6.46. The van der Waals surface area contributed by atoms with Crippen LogP contribution in [0.2, 0.25) is 0 Å². The Balaban J connectivity index is 1.64. The predicted molar refractivity (Wildman–Crippen MR) is 81.2 cm³/mol. The normalized spacial score (nSPS) is 16.7. The molecule has 1 unspecified atom stereocenters. The summed E-state index contributed by atoms with van der Waals surface area (Å²) in [6.07, 6.45) is 6.82. The molecule has 0 spiro atoms. The highest BCUT2D eigenvalue weighted by Crippen LogP contribution is 2.23. The maximum absolute atomic E-state index is 3.68. The Morgan fingerprint density at radius 2 is 2.00 bits per heavy atom. The molecule has 1 aliphatic carbocycles. The number of benzene rings is 1. The number of nitrogens with one attached hydrogen (secondary N) is 1. The molecule has 1 aromatic rings. The molecule has 1 fully saturated rings. The fourth-order valence-corrected chi connectivity index (χ4v) is 3.27. The number of thioether (sulfide) groups is 1. The van der Waals surface area contributed by atoms with Crippen LogP contribution in [-0.2, 0) is 0 Å². The Bertz CT molecular complexity index is 321. The molecule has 0 bridgehead atoms. The molecule has 0 heterocycles. The van der Waals surface area contributed by atoms with Gasteiger partial charge in [-0.05, 0) is 56.0 Å². The van der Waals surface area contributed by atoms with Crippen LogP contribution in [0, 0.1) is 5.92 Å². The van der Waals surface area contributed by atoms with Crippen LogP contribution >= 0.6 is 11.8 Å². The van der Waals surface area contributed by atoms with Crippen LogP contribution in [0.4, 0.5) is 0 Å². The number of hydrogen-bond donors (Lipinski definition) is 1. The molecule has 1 aliphatic rings. The zero-order valence-corrected chi connectivity index (χ0v) is 12.2. The average Bonchev–Trinajstić information content (AvgIpc) is 3.21. The highest BCUT2D eigenvalue weighted by molar-refractivity contribution is 7.99. The molecule has 0 saturated heterocycles. The standard InChI is InChI=1S/C16H25NS/c1-2-6-14(13-17-15-9-10-15)11-12-18-16-7-4-3-5-8-16/h3-5,7-8,14-15,17H,2,6,9-13H2,1H3. The lowest BCUT2D eigenvalue weighted by Gasteiger charge is -2.16. The van der Waals surface area contributed by atoms with Gasteiger partial charge in [-0.2, -0.15) is 0 Å². The lowest BCUT2D eigenvalue weighted by atomic mass is 10.0. The van der Waals surface area contributed by atoms with E-state index in [0.717, 1.165) is 12.0 Å². The summed E-state index contributed by atoms with van der Waals surface area (Å²) < 4.78 is 0. The Morgan fingerprint density at radius 1 is 1.22 bits per heavy atom. The van der Waals surface area contributed by atoms with Crippen molar-refractivity contribution in [1.82, 2.24) is 5.32 Å². The summed E-state index contributed by atoms with van der Waals surface area (Å²) in [7, 11) is 0. The van der Waals surface area contributed by atoms with Gasteiger partial charge in [0, 0.05) is 10.9 Å². The maximum Gasteiger partial charge on any atom is 0.00719 e. The summed E-state index contributed by atoms with van der Waals surface area (Å²) >= 11 is 2.00. The van der Waals surface area contributed by atoms with E-state index in [1.54, 1.807) is 0 Å². The lowest BCUT2D eigenvalue weighted by molar-refractivity contribution is 0.430. The summed E-state index contributed by atoms with van der Waals surface area (Å²) in [5.41, 5.74) is 0. The molecule has 18 heavy (non-hydrogen) atoms. The van der Waals surface area contributed by atoms with Crippen LogP contribution in [0.1, 0.15) is 39.0 Å². The summed E-state index contributed by atoms with van der Waals surface area (Å²) in [6.45, 7) is 3.53. The van der Waals surface area contributed by atoms with Gasteiger partial charge in [0.2, 0.25) is 0 Å². The third-order valence-corrected chi connectivity index (χ3v) is 4.55. The zero-order chi connectivity index (χ0) is 12.6. The van der Waals surface area contributed by atoms with Gasteiger partial charge in [-0.3, -0.25) is 0 Å². The third-order valence-electron chi connectivity index (χ3n) is 3.51. The number of hydrogen-bond acceptors (Lipinski definition) is 2. The minimum absolute atomic E-state index is 0.853. The molecule has 100 valence electrons. The Morgan fingerprint density at radius 3 is 2.67 bits per heavy atom. The summed E-state index contributed by atoms with van der Waals surface area (Å²) in [6, 6.07) is 11.6. The molecule has 1 N–H and O–H groups in total. The third kappa shape index (κ3) is 5.45. The van der Waals surface area contributed by atoms with Crippen molar-refractivity contribution in [1.29, 1.82) is 0 Å². The zero-order valence-electron chi connectivity index (χ0n) is 11.4. The second-order valence-electron chi connectivity index (χ2n) is 5.29. The minimum atomic E-state index is 0.853. The Hall–Kier alpha value is -0.470. The highest BCUT2D eigenvalue weighted by atomic mass is 32.2. The van der Waals surface area contributed by atoms with E-state index in [1.165, 1.54) is 49.3 Å². The lowest BCUT2D eigenvalue weighted by Crippen LogP contribution is -2.25. The molecule has 1 aromatic carbocycles. The SMILES string of the molecule is CCCC(CCSc1ccccc1)CNC1CC1. The monoisotopic (exact) mass is 263 g/mol. The second kappa shape index (κ2) is 7.85. The molecule has 0 aromatic heterocycles. The van der Waals surface area contributed by atoms with E-state index >= 15 is 0 Å². The first-order chi connectivity index (χ1) is 8.88. The van der Waals surface area contributed by atoms with Crippen LogP contribution in [-0.4, -0.2) is 18.3 Å². The van der Waals surface area contributed by atoms with Crippen molar-refractivity contribution in [2.45, 2.75) is 50.0 Å². The maximum atomic E-state index is 3.68. The van der Waals surface area contributed by atoms with Crippen LogP contribution in [0.15, 0.2) is 35.2 Å². The topological polar surface area (TPSA) is 12.0 Å². The van der Waals surface area contributed by atoms with Crippen molar-refractivity contribution < 1.29 is 0 Å². The fraction of sp³-hybridized carbons (Fsp3) is 0.625. The van der Waals surface area contributed by atoms with Gasteiger partial charge in [0.05, 0.1) is 0 Å². The molecular formula is C16H25NS. The molecule has 1 nitrogen and oxygen atoms in total. The van der Waals surface area contributed by atoms with Crippen LogP contribution in [0.5, 0.6) is 0 Å². The van der Waals surface area contributed by atoms with Gasteiger partial charge in [-0.25, -0.2) is 0 Å².